The molecule has 0 radical (unpaired) electrons. The molecular weight excluding hydrogens is 292 g/mol. The molecule has 0 aromatic carbocycles. The maximum absolute atomic E-state index is 12.3. The fourth-order valence-corrected chi connectivity index (χ4v) is 3.35. The van der Waals surface area contributed by atoms with Gasteiger partial charge in [-0.05, 0) is 40.9 Å². The molecule has 0 saturated heterocycles. The van der Waals surface area contributed by atoms with Crippen molar-refractivity contribution in [1.29, 1.82) is 0 Å². The van der Waals surface area contributed by atoms with Crippen molar-refractivity contribution in [3.8, 4) is 0 Å². The first kappa shape index (κ1) is 11.8. The van der Waals surface area contributed by atoms with Gasteiger partial charge in [-0.15, -0.1) is 11.3 Å². The van der Waals surface area contributed by atoms with Crippen LogP contribution in [0.2, 0.25) is 0 Å². The number of halogens is 1. The molecule has 3 nitrogen and oxygen atoms in total. The Balaban J connectivity index is 2.29. The molecule has 1 heterocycles. The molecule has 16 heavy (non-hydrogen) atoms. The van der Waals surface area contributed by atoms with Crippen LogP contribution in [0.1, 0.15) is 28.9 Å². The third-order valence-corrected chi connectivity index (χ3v) is 4.64. The molecule has 0 aliphatic heterocycles. The molecule has 0 N–H and O–H groups in total. The van der Waals surface area contributed by atoms with Crippen molar-refractivity contribution in [3.63, 3.8) is 0 Å². The number of ether oxygens (including phenoxy) is 1. The molecule has 86 valence electrons. The van der Waals surface area contributed by atoms with Gasteiger partial charge in [0.15, 0.2) is 5.78 Å². The van der Waals surface area contributed by atoms with Gasteiger partial charge in [0.1, 0.15) is 5.41 Å². The fourth-order valence-electron chi connectivity index (χ4n) is 1.92. The van der Waals surface area contributed by atoms with Crippen LogP contribution in [-0.2, 0) is 9.53 Å². The Morgan fingerprint density at radius 1 is 1.44 bits per heavy atom. The van der Waals surface area contributed by atoms with Crippen LogP contribution in [-0.4, -0.2) is 18.9 Å². The lowest BCUT2D eigenvalue weighted by molar-refractivity contribution is -0.153. The van der Waals surface area contributed by atoms with Crippen LogP contribution in [0.25, 0.3) is 0 Å². The van der Waals surface area contributed by atoms with Gasteiger partial charge in [0, 0.05) is 0 Å². The highest BCUT2D eigenvalue weighted by Crippen LogP contribution is 2.45. The van der Waals surface area contributed by atoms with Crippen LogP contribution >= 0.6 is 27.3 Å². The molecule has 1 saturated carbocycles. The van der Waals surface area contributed by atoms with E-state index in [2.05, 4.69) is 15.9 Å². The van der Waals surface area contributed by atoms with E-state index in [1.165, 1.54) is 18.4 Å². The second kappa shape index (κ2) is 4.30. The highest BCUT2D eigenvalue weighted by molar-refractivity contribution is 9.11. The predicted octanol–water partition coefficient (Wildman–Crippen LogP) is 3.04. The zero-order valence-corrected chi connectivity index (χ0v) is 11.2. The number of carbonyl (C=O) groups is 2. The molecule has 1 aromatic heterocycles. The van der Waals surface area contributed by atoms with E-state index in [9.17, 15) is 9.59 Å². The summed E-state index contributed by atoms with van der Waals surface area (Å²) in [5, 5.41) is 0. The van der Waals surface area contributed by atoms with Crippen molar-refractivity contribution in [2.45, 2.75) is 19.3 Å². The highest BCUT2D eigenvalue weighted by Gasteiger charge is 2.52. The molecule has 1 fully saturated rings. The van der Waals surface area contributed by atoms with Crippen molar-refractivity contribution in [1.82, 2.24) is 0 Å². The summed E-state index contributed by atoms with van der Waals surface area (Å²) in [5.74, 6) is -0.491. The van der Waals surface area contributed by atoms with Crippen molar-refractivity contribution >= 4 is 39.0 Å². The Morgan fingerprint density at radius 2 is 2.12 bits per heavy atom. The van der Waals surface area contributed by atoms with E-state index < -0.39 is 11.4 Å². The zero-order valence-electron chi connectivity index (χ0n) is 8.79. The van der Waals surface area contributed by atoms with Gasteiger partial charge < -0.3 is 4.74 Å². The molecule has 1 aliphatic carbocycles. The van der Waals surface area contributed by atoms with Crippen LogP contribution in [0.4, 0.5) is 0 Å². The largest absolute Gasteiger partial charge is 0.468 e. The fraction of sp³-hybridized carbons (Fsp3) is 0.455. The van der Waals surface area contributed by atoms with Crippen LogP contribution in [0.15, 0.2) is 15.9 Å². The van der Waals surface area contributed by atoms with Gasteiger partial charge >= 0.3 is 5.97 Å². The SMILES string of the molecule is COC(=O)C1(C(=O)c2ccc(Br)s2)CCC1. The number of thiophene rings is 1. The van der Waals surface area contributed by atoms with Gasteiger partial charge in [0.25, 0.3) is 0 Å². The van der Waals surface area contributed by atoms with Crippen molar-refractivity contribution in [2.24, 2.45) is 5.41 Å². The average Bonchev–Trinajstić information content (AvgIpc) is 2.62. The zero-order chi connectivity index (χ0) is 11.8. The molecular formula is C11H11BrO3S. The van der Waals surface area contributed by atoms with E-state index in [4.69, 9.17) is 4.74 Å². The highest BCUT2D eigenvalue weighted by atomic mass is 79.9. The van der Waals surface area contributed by atoms with Gasteiger partial charge in [-0.3, -0.25) is 9.59 Å². The molecule has 1 aromatic rings. The number of ketones is 1. The Labute approximate surface area is 106 Å². The summed E-state index contributed by atoms with van der Waals surface area (Å²) < 4.78 is 5.64. The summed E-state index contributed by atoms with van der Waals surface area (Å²) in [7, 11) is 1.33. The quantitative estimate of drug-likeness (QED) is 0.490. The second-order valence-corrected chi connectivity index (χ2v) is 6.32. The number of carbonyl (C=O) groups excluding carboxylic acids is 2. The molecule has 2 rings (SSSR count). The number of hydrogen-bond donors (Lipinski definition) is 0. The van der Waals surface area contributed by atoms with E-state index in [1.807, 2.05) is 6.07 Å². The Bertz CT molecular complexity index is 434. The van der Waals surface area contributed by atoms with E-state index in [-0.39, 0.29) is 5.78 Å². The minimum absolute atomic E-state index is 0.0960. The van der Waals surface area contributed by atoms with Gasteiger partial charge in [-0.1, -0.05) is 6.42 Å². The summed E-state index contributed by atoms with van der Waals surface area (Å²) in [6.45, 7) is 0. The third-order valence-electron chi connectivity index (χ3n) is 3.01. The topological polar surface area (TPSA) is 43.4 Å². The van der Waals surface area contributed by atoms with Crippen molar-refractivity contribution in [3.05, 3.63) is 20.8 Å². The summed E-state index contributed by atoms with van der Waals surface area (Å²) in [5.41, 5.74) is -0.904. The first-order valence-corrected chi connectivity index (χ1v) is 6.60. The lowest BCUT2D eigenvalue weighted by atomic mass is 9.65. The third kappa shape index (κ3) is 1.72. The summed E-state index contributed by atoms with van der Waals surface area (Å²) in [4.78, 5) is 24.6. The monoisotopic (exact) mass is 302 g/mol. The first-order valence-electron chi connectivity index (χ1n) is 4.99. The number of rotatable bonds is 3. The van der Waals surface area contributed by atoms with Gasteiger partial charge in [0.2, 0.25) is 0 Å². The van der Waals surface area contributed by atoms with Crippen molar-refractivity contribution in [2.75, 3.05) is 7.11 Å². The van der Waals surface area contributed by atoms with Crippen LogP contribution in [0.5, 0.6) is 0 Å². The lowest BCUT2D eigenvalue weighted by Gasteiger charge is -2.36. The van der Waals surface area contributed by atoms with E-state index in [0.717, 1.165) is 10.2 Å². The Morgan fingerprint density at radius 3 is 2.50 bits per heavy atom. The molecule has 0 spiro atoms. The normalized spacial score (nSPS) is 17.6. The van der Waals surface area contributed by atoms with Crippen molar-refractivity contribution < 1.29 is 14.3 Å². The number of hydrogen-bond acceptors (Lipinski definition) is 4. The average molecular weight is 303 g/mol. The standard InChI is InChI=1S/C11H11BrO3S/c1-15-10(14)11(5-2-6-11)9(13)7-3-4-8(12)16-7/h3-4H,2,5-6H2,1H3. The maximum atomic E-state index is 12.3. The molecule has 0 unspecified atom stereocenters. The Kier molecular flexibility index (Phi) is 3.17. The number of Topliss-reactive ketones (excluding diaryl/α,β-unsaturated/α-hetero) is 1. The minimum atomic E-state index is -0.904. The molecule has 0 amide bonds. The predicted molar refractivity (Wildman–Crippen MR) is 64.6 cm³/mol. The van der Waals surface area contributed by atoms with E-state index in [0.29, 0.717) is 17.7 Å². The van der Waals surface area contributed by atoms with Gasteiger partial charge in [-0.2, -0.15) is 0 Å². The van der Waals surface area contributed by atoms with E-state index in [1.54, 1.807) is 6.07 Å². The lowest BCUT2D eigenvalue weighted by Crippen LogP contribution is -2.45. The van der Waals surface area contributed by atoms with Crippen LogP contribution in [0, 0.1) is 5.41 Å². The maximum Gasteiger partial charge on any atom is 0.319 e. The number of methoxy groups -OCH3 is 1. The van der Waals surface area contributed by atoms with Gasteiger partial charge in [0.05, 0.1) is 15.8 Å². The Hall–Kier alpha value is -0.680. The minimum Gasteiger partial charge on any atom is -0.468 e. The van der Waals surface area contributed by atoms with Gasteiger partial charge in [-0.25, -0.2) is 0 Å². The summed E-state index contributed by atoms with van der Waals surface area (Å²) in [6, 6.07) is 3.57. The van der Waals surface area contributed by atoms with Crippen LogP contribution in [0.3, 0.4) is 0 Å². The first-order chi connectivity index (χ1) is 7.60. The molecule has 1 aliphatic rings. The van der Waals surface area contributed by atoms with Crippen LogP contribution < -0.4 is 0 Å². The summed E-state index contributed by atoms with van der Waals surface area (Å²) >= 11 is 4.67. The summed E-state index contributed by atoms with van der Waals surface area (Å²) in [6.07, 6.45) is 2.12. The molecule has 0 bridgehead atoms. The van der Waals surface area contributed by atoms with E-state index >= 15 is 0 Å². The number of esters is 1. The smallest absolute Gasteiger partial charge is 0.319 e. The molecule has 5 heteroatoms. The molecule has 0 atom stereocenters. The second-order valence-electron chi connectivity index (χ2n) is 3.86.